The minimum atomic E-state index is 0.728. The van der Waals surface area contributed by atoms with Crippen LogP contribution >= 0.6 is 0 Å². The summed E-state index contributed by atoms with van der Waals surface area (Å²) in [5, 5.41) is 6.96. The second-order valence-corrected chi connectivity index (χ2v) is 12.0. The summed E-state index contributed by atoms with van der Waals surface area (Å²) in [4.78, 5) is 0. The highest BCUT2D eigenvalue weighted by Crippen LogP contribution is 2.43. The van der Waals surface area contributed by atoms with Gasteiger partial charge in [0, 0.05) is 43.9 Å². The Labute approximate surface area is 264 Å². The van der Waals surface area contributed by atoms with Gasteiger partial charge in [-0.25, -0.2) is 0 Å². The number of nitrogen functional groups attached to an aromatic ring is 1. The van der Waals surface area contributed by atoms with Crippen LogP contribution in [0.1, 0.15) is 0 Å². The molecular weight excluding hydrogens is 562 g/mol. The number of para-hydroxylation sites is 4. The Bertz CT molecular complexity index is 2760. The predicted octanol–water partition coefficient (Wildman–Crippen LogP) is 11.0. The number of benzene rings is 7. The number of nitrogens with two attached hydrogens (primary N) is 1. The zero-order valence-electron chi connectivity index (χ0n) is 24.8. The van der Waals surface area contributed by atoms with Crippen molar-refractivity contribution in [2.24, 2.45) is 0 Å². The Balaban J connectivity index is 1.31. The van der Waals surface area contributed by atoms with E-state index in [1.807, 2.05) is 12.1 Å². The van der Waals surface area contributed by atoms with Gasteiger partial charge in [0.05, 0.1) is 33.1 Å². The number of furan rings is 1. The first-order valence-electron chi connectivity index (χ1n) is 15.6. The quantitative estimate of drug-likeness (QED) is 0.208. The second-order valence-electron chi connectivity index (χ2n) is 12.0. The molecule has 0 aliphatic rings. The molecule has 46 heavy (non-hydrogen) atoms. The fourth-order valence-corrected chi connectivity index (χ4v) is 7.47. The van der Waals surface area contributed by atoms with Crippen molar-refractivity contribution < 1.29 is 4.42 Å². The molecule has 0 radical (unpaired) electrons. The van der Waals surface area contributed by atoms with Gasteiger partial charge in [0.15, 0.2) is 0 Å². The second kappa shape index (κ2) is 9.37. The van der Waals surface area contributed by atoms with E-state index in [2.05, 4.69) is 149 Å². The van der Waals surface area contributed by atoms with Crippen LogP contribution in [0.2, 0.25) is 0 Å². The van der Waals surface area contributed by atoms with Gasteiger partial charge in [-0.2, -0.15) is 0 Å². The molecule has 0 unspecified atom stereocenters. The van der Waals surface area contributed by atoms with Gasteiger partial charge in [0.1, 0.15) is 11.2 Å². The zero-order valence-corrected chi connectivity index (χ0v) is 24.8. The Kier molecular flexibility index (Phi) is 5.11. The average molecular weight is 590 g/mol. The summed E-state index contributed by atoms with van der Waals surface area (Å²) in [6.45, 7) is 0. The van der Waals surface area contributed by atoms with Crippen molar-refractivity contribution in [3.05, 3.63) is 152 Å². The maximum atomic E-state index is 6.63. The molecule has 10 aromatic rings. The van der Waals surface area contributed by atoms with E-state index in [0.29, 0.717) is 0 Å². The maximum Gasteiger partial charge on any atom is 0.145 e. The molecule has 4 nitrogen and oxygen atoms in total. The third-order valence-corrected chi connectivity index (χ3v) is 9.44. The summed E-state index contributed by atoms with van der Waals surface area (Å²) in [7, 11) is 0. The minimum Gasteiger partial charge on any atom is -0.455 e. The smallest absolute Gasteiger partial charge is 0.145 e. The summed E-state index contributed by atoms with van der Waals surface area (Å²) in [6.07, 6.45) is 0. The molecule has 4 heteroatoms. The van der Waals surface area contributed by atoms with E-state index in [4.69, 9.17) is 10.2 Å². The van der Waals surface area contributed by atoms with E-state index in [0.717, 1.165) is 83.0 Å². The molecule has 216 valence electrons. The summed E-state index contributed by atoms with van der Waals surface area (Å²) >= 11 is 0. The molecule has 0 spiro atoms. The summed E-state index contributed by atoms with van der Waals surface area (Å²) < 4.78 is 11.3. The van der Waals surface area contributed by atoms with Gasteiger partial charge < -0.3 is 19.3 Å². The van der Waals surface area contributed by atoms with Gasteiger partial charge in [-0.3, -0.25) is 0 Å². The van der Waals surface area contributed by atoms with Crippen LogP contribution in [0.5, 0.6) is 0 Å². The van der Waals surface area contributed by atoms with Crippen molar-refractivity contribution in [3.63, 3.8) is 0 Å². The lowest BCUT2D eigenvalue weighted by Gasteiger charge is -2.15. The molecule has 0 fully saturated rings. The van der Waals surface area contributed by atoms with E-state index in [-0.39, 0.29) is 0 Å². The Morgan fingerprint density at radius 3 is 1.89 bits per heavy atom. The lowest BCUT2D eigenvalue weighted by atomic mass is 9.99. The van der Waals surface area contributed by atoms with Crippen LogP contribution in [0.15, 0.2) is 156 Å². The topological polar surface area (TPSA) is 49.0 Å². The first-order chi connectivity index (χ1) is 22.7. The number of rotatable bonds is 3. The van der Waals surface area contributed by atoms with Crippen molar-refractivity contribution >= 4 is 71.2 Å². The van der Waals surface area contributed by atoms with Crippen LogP contribution < -0.4 is 5.73 Å². The standard InChI is InChI=1S/C42H27N3O/c43-27-19-20-29(39(25-27)45-35-15-7-4-12-30(35)31-13-5-8-16-36(31)45)26-18-22-37-34(24-26)41-38(44(37)28-10-2-1-3-11-28)23-21-33-32-14-6-9-17-40(32)46-42(33)41/h1-25H,43H2. The first kappa shape index (κ1) is 25.1. The highest BCUT2D eigenvalue weighted by molar-refractivity contribution is 6.24. The van der Waals surface area contributed by atoms with E-state index in [1.165, 1.54) is 10.8 Å². The molecular formula is C42H27N3O. The van der Waals surface area contributed by atoms with Crippen molar-refractivity contribution in [3.8, 4) is 22.5 Å². The monoisotopic (exact) mass is 589 g/mol. The van der Waals surface area contributed by atoms with Crippen molar-refractivity contribution in [2.45, 2.75) is 0 Å². The van der Waals surface area contributed by atoms with Gasteiger partial charge >= 0.3 is 0 Å². The molecule has 0 aliphatic heterocycles. The highest BCUT2D eigenvalue weighted by atomic mass is 16.3. The fraction of sp³-hybridized carbons (Fsp3) is 0. The Hall–Kier alpha value is -6.26. The number of aromatic nitrogens is 2. The number of fused-ring (bicyclic) bond motifs is 10. The van der Waals surface area contributed by atoms with Crippen LogP contribution in [-0.4, -0.2) is 9.13 Å². The molecule has 3 heterocycles. The summed E-state index contributed by atoms with van der Waals surface area (Å²) in [5.41, 5.74) is 18.0. The van der Waals surface area contributed by atoms with Gasteiger partial charge in [-0.15, -0.1) is 0 Å². The third kappa shape index (κ3) is 3.44. The Morgan fingerprint density at radius 1 is 0.457 bits per heavy atom. The number of hydrogen-bond acceptors (Lipinski definition) is 2. The van der Waals surface area contributed by atoms with Crippen LogP contribution in [-0.2, 0) is 0 Å². The van der Waals surface area contributed by atoms with Gasteiger partial charge in [-0.05, 0) is 72.3 Å². The fourth-order valence-electron chi connectivity index (χ4n) is 7.47. The molecule has 0 saturated heterocycles. The molecule has 0 saturated carbocycles. The number of nitrogens with zero attached hydrogens (tertiary/aromatic N) is 2. The third-order valence-electron chi connectivity index (χ3n) is 9.44. The maximum absolute atomic E-state index is 6.63. The van der Waals surface area contributed by atoms with E-state index < -0.39 is 0 Å². The number of hydrogen-bond donors (Lipinski definition) is 1. The van der Waals surface area contributed by atoms with Crippen LogP contribution in [0.3, 0.4) is 0 Å². The predicted molar refractivity (Wildman–Crippen MR) is 192 cm³/mol. The lowest BCUT2D eigenvalue weighted by molar-refractivity contribution is 0.673. The van der Waals surface area contributed by atoms with Crippen molar-refractivity contribution in [1.29, 1.82) is 0 Å². The van der Waals surface area contributed by atoms with Crippen LogP contribution in [0.25, 0.3) is 88.1 Å². The van der Waals surface area contributed by atoms with Gasteiger partial charge in [-0.1, -0.05) is 84.9 Å². The summed E-state index contributed by atoms with van der Waals surface area (Å²) in [6, 6.07) is 53.6. The van der Waals surface area contributed by atoms with Gasteiger partial charge in [0.2, 0.25) is 0 Å². The molecule has 0 atom stereocenters. The van der Waals surface area contributed by atoms with Crippen LogP contribution in [0, 0.1) is 0 Å². The normalized spacial score (nSPS) is 12.0. The molecule has 2 N–H and O–H groups in total. The van der Waals surface area contributed by atoms with Crippen molar-refractivity contribution in [2.75, 3.05) is 5.73 Å². The molecule has 7 aromatic carbocycles. The van der Waals surface area contributed by atoms with Crippen molar-refractivity contribution in [1.82, 2.24) is 9.13 Å². The Morgan fingerprint density at radius 2 is 1.11 bits per heavy atom. The molecule has 0 bridgehead atoms. The van der Waals surface area contributed by atoms with E-state index in [1.54, 1.807) is 0 Å². The molecule has 0 aliphatic carbocycles. The van der Waals surface area contributed by atoms with E-state index >= 15 is 0 Å². The number of anilines is 1. The van der Waals surface area contributed by atoms with E-state index in [9.17, 15) is 0 Å². The average Bonchev–Trinajstić information content (AvgIpc) is 3.76. The minimum absolute atomic E-state index is 0.728. The van der Waals surface area contributed by atoms with Crippen LogP contribution in [0.4, 0.5) is 5.69 Å². The SMILES string of the molecule is Nc1ccc(-c2ccc3c(c2)c2c4oc5ccccc5c4ccc2n3-c2ccccc2)c(-n2c3ccccc3c3ccccc32)c1. The molecule has 0 amide bonds. The molecule has 10 rings (SSSR count). The first-order valence-corrected chi connectivity index (χ1v) is 15.6. The highest BCUT2D eigenvalue weighted by Gasteiger charge is 2.21. The molecule has 3 aromatic heterocycles. The lowest BCUT2D eigenvalue weighted by Crippen LogP contribution is -1.99. The summed E-state index contributed by atoms with van der Waals surface area (Å²) in [5.74, 6) is 0. The van der Waals surface area contributed by atoms with Gasteiger partial charge in [0.25, 0.3) is 0 Å². The zero-order chi connectivity index (χ0) is 30.4. The largest absolute Gasteiger partial charge is 0.455 e.